The molecule has 3 atom stereocenters. The van der Waals surface area contributed by atoms with Crippen molar-refractivity contribution in [3.63, 3.8) is 0 Å². The summed E-state index contributed by atoms with van der Waals surface area (Å²) in [4.78, 5) is 36.2. The first-order valence-electron chi connectivity index (χ1n) is 15.6. The molecule has 3 amide bonds. The highest BCUT2D eigenvalue weighted by Crippen LogP contribution is 2.61. The molecule has 4 fully saturated rings. The third kappa shape index (κ3) is 5.27. The van der Waals surface area contributed by atoms with E-state index in [1.54, 1.807) is 26.0 Å². The van der Waals surface area contributed by atoms with Gasteiger partial charge in [0, 0.05) is 31.4 Å². The van der Waals surface area contributed by atoms with Gasteiger partial charge in [0.05, 0.1) is 34.1 Å². The van der Waals surface area contributed by atoms with Gasteiger partial charge in [-0.05, 0) is 103 Å². The molecule has 3 N–H and O–H groups in total. The van der Waals surface area contributed by atoms with Gasteiger partial charge >= 0.3 is 6.03 Å². The Labute approximate surface area is 249 Å². The molecule has 4 bridgehead atoms. The topological polar surface area (TPSA) is 121 Å². The molecule has 0 saturated heterocycles. The SMILES string of the molecule is CN(C(=O)C12CC3CC(CC(C3)C1)C2)C1=CCC2N(CC(C)(C)O)C(NC(=O)NC3=CCC(C)(C#N)C=C3)=NC2(C)C1. The van der Waals surface area contributed by atoms with E-state index in [4.69, 9.17) is 4.99 Å². The van der Waals surface area contributed by atoms with Gasteiger partial charge in [0.25, 0.3) is 0 Å². The lowest BCUT2D eigenvalue weighted by molar-refractivity contribution is -0.154. The highest BCUT2D eigenvalue weighted by Gasteiger charge is 2.56. The Bertz CT molecular complexity index is 1300. The van der Waals surface area contributed by atoms with Gasteiger partial charge in [-0.15, -0.1) is 0 Å². The van der Waals surface area contributed by atoms with Crippen LogP contribution in [0.15, 0.2) is 40.7 Å². The van der Waals surface area contributed by atoms with Gasteiger partial charge in [0.2, 0.25) is 11.9 Å². The molecule has 7 rings (SSSR count). The van der Waals surface area contributed by atoms with Crippen LogP contribution < -0.4 is 10.6 Å². The Kier molecular flexibility index (Phi) is 6.88. The summed E-state index contributed by atoms with van der Waals surface area (Å²) < 4.78 is 0. The molecule has 4 saturated carbocycles. The largest absolute Gasteiger partial charge is 0.389 e. The smallest absolute Gasteiger partial charge is 0.325 e. The number of amides is 3. The van der Waals surface area contributed by atoms with E-state index in [1.807, 2.05) is 29.8 Å². The lowest BCUT2D eigenvalue weighted by atomic mass is 9.49. The number of nitrogens with zero attached hydrogens (tertiary/aromatic N) is 4. The minimum atomic E-state index is -1.00. The number of carbonyl (C=O) groups is 2. The molecule has 1 aliphatic heterocycles. The second kappa shape index (κ2) is 9.97. The van der Waals surface area contributed by atoms with Crippen molar-refractivity contribution in [1.82, 2.24) is 20.4 Å². The van der Waals surface area contributed by atoms with Gasteiger partial charge in [-0.2, -0.15) is 5.26 Å². The van der Waals surface area contributed by atoms with E-state index in [1.165, 1.54) is 19.3 Å². The van der Waals surface area contributed by atoms with Crippen LogP contribution in [0, 0.1) is 39.9 Å². The summed E-state index contributed by atoms with van der Waals surface area (Å²) in [5.41, 5.74) is -0.705. The fourth-order valence-electron chi connectivity index (χ4n) is 9.08. The van der Waals surface area contributed by atoms with Crippen LogP contribution >= 0.6 is 0 Å². The summed E-state index contributed by atoms with van der Waals surface area (Å²) in [6, 6.07) is 1.81. The fourth-order valence-corrected chi connectivity index (χ4v) is 9.08. The third-order valence-electron chi connectivity index (χ3n) is 10.7. The summed E-state index contributed by atoms with van der Waals surface area (Å²) in [5, 5.41) is 25.9. The van der Waals surface area contributed by atoms with E-state index in [0.29, 0.717) is 55.2 Å². The van der Waals surface area contributed by atoms with Crippen LogP contribution in [0.4, 0.5) is 4.79 Å². The fraction of sp³-hybridized carbons (Fsp3) is 0.697. The molecule has 6 aliphatic carbocycles. The maximum absolute atomic E-state index is 14.1. The molecule has 226 valence electrons. The zero-order chi connectivity index (χ0) is 30.1. The number of aliphatic hydroxyl groups is 1. The lowest BCUT2D eigenvalue weighted by Crippen LogP contribution is -2.56. The van der Waals surface area contributed by atoms with Gasteiger partial charge in [-0.3, -0.25) is 10.1 Å². The Morgan fingerprint density at radius 3 is 2.33 bits per heavy atom. The minimum Gasteiger partial charge on any atom is -0.389 e. The normalized spacial score (nSPS) is 38.2. The van der Waals surface area contributed by atoms with E-state index < -0.39 is 22.6 Å². The van der Waals surface area contributed by atoms with Gasteiger partial charge in [-0.25, -0.2) is 9.79 Å². The Morgan fingerprint density at radius 2 is 1.79 bits per heavy atom. The number of nitrogens with one attached hydrogen (secondary N) is 2. The van der Waals surface area contributed by atoms with Crippen molar-refractivity contribution in [2.45, 2.75) is 103 Å². The standard InChI is InChI=1S/C33H46N6O3/c1-30(2,42)20-39-26-7-6-25(38(5)27(40)33-15-21-12-22(16-33)14-23(13-21)17-33)18-32(26,4)37-28(39)36-29(41)35-24-8-10-31(3,19-34)11-9-24/h6,8-10,21-23,26,42H,7,11-18,20H2,1-5H3,(H2,35,36,37,41). The number of rotatable bonds is 5. The van der Waals surface area contributed by atoms with Crippen LogP contribution in [-0.4, -0.2) is 63.6 Å². The molecule has 0 radical (unpaired) electrons. The monoisotopic (exact) mass is 574 g/mol. The Hall–Kier alpha value is -3.12. The molecule has 9 nitrogen and oxygen atoms in total. The Balaban J connectivity index is 1.18. The van der Waals surface area contributed by atoms with E-state index in [-0.39, 0.29) is 17.4 Å². The first-order valence-corrected chi connectivity index (χ1v) is 15.6. The molecule has 0 aromatic heterocycles. The van der Waals surface area contributed by atoms with Crippen LogP contribution in [0.25, 0.3) is 0 Å². The van der Waals surface area contributed by atoms with Crippen molar-refractivity contribution in [3.05, 3.63) is 35.7 Å². The average Bonchev–Trinajstić information content (AvgIpc) is 3.17. The number of urea groups is 1. The maximum atomic E-state index is 14.1. The summed E-state index contributed by atoms with van der Waals surface area (Å²) in [6.45, 7) is 7.77. The van der Waals surface area contributed by atoms with Crippen LogP contribution in [0.2, 0.25) is 0 Å². The molecule has 0 aromatic rings. The third-order valence-corrected chi connectivity index (χ3v) is 10.7. The molecule has 0 spiro atoms. The van der Waals surface area contributed by atoms with Gasteiger partial charge < -0.3 is 20.2 Å². The van der Waals surface area contributed by atoms with E-state index >= 15 is 0 Å². The van der Waals surface area contributed by atoms with Crippen molar-refractivity contribution >= 4 is 17.9 Å². The summed E-state index contributed by atoms with van der Waals surface area (Å²) in [5.74, 6) is 2.84. The molecule has 0 aromatic carbocycles. The summed E-state index contributed by atoms with van der Waals surface area (Å²) >= 11 is 0. The lowest BCUT2D eigenvalue weighted by Gasteiger charge is -2.56. The van der Waals surface area contributed by atoms with Crippen LogP contribution in [0.5, 0.6) is 0 Å². The number of hydrogen-bond donors (Lipinski definition) is 3. The molecule has 3 unspecified atom stereocenters. The zero-order valence-electron chi connectivity index (χ0n) is 25.7. The highest BCUT2D eigenvalue weighted by molar-refractivity contribution is 5.98. The quantitative estimate of drug-likeness (QED) is 0.444. The summed E-state index contributed by atoms with van der Waals surface area (Å²) in [7, 11) is 1.94. The maximum Gasteiger partial charge on any atom is 0.325 e. The number of guanidine groups is 1. The highest BCUT2D eigenvalue weighted by atomic mass is 16.3. The zero-order valence-corrected chi connectivity index (χ0v) is 25.7. The van der Waals surface area contributed by atoms with Gasteiger partial charge in [0.15, 0.2) is 0 Å². The number of aliphatic imine (C=N–C) groups is 1. The van der Waals surface area contributed by atoms with Crippen molar-refractivity contribution in [3.8, 4) is 6.07 Å². The van der Waals surface area contributed by atoms with Crippen LogP contribution in [0.1, 0.15) is 85.5 Å². The van der Waals surface area contributed by atoms with E-state index in [2.05, 4.69) is 29.7 Å². The number of β-amino-alcohol motifs (C(OH)–C–C–N with tert-alkyl or cyclic N) is 1. The van der Waals surface area contributed by atoms with Crippen molar-refractivity contribution in [1.29, 1.82) is 5.26 Å². The van der Waals surface area contributed by atoms with E-state index in [0.717, 1.165) is 25.0 Å². The van der Waals surface area contributed by atoms with Gasteiger partial charge in [0.1, 0.15) is 0 Å². The molecule has 1 heterocycles. The van der Waals surface area contributed by atoms with E-state index in [9.17, 15) is 20.0 Å². The van der Waals surface area contributed by atoms with Gasteiger partial charge in [-0.1, -0.05) is 18.2 Å². The Morgan fingerprint density at radius 1 is 1.14 bits per heavy atom. The van der Waals surface area contributed by atoms with Crippen molar-refractivity contribution < 1.29 is 14.7 Å². The minimum absolute atomic E-state index is 0.0591. The van der Waals surface area contributed by atoms with Crippen LogP contribution in [0.3, 0.4) is 0 Å². The predicted molar refractivity (Wildman–Crippen MR) is 161 cm³/mol. The first kappa shape index (κ1) is 29.0. The van der Waals surface area contributed by atoms with Crippen LogP contribution in [-0.2, 0) is 4.79 Å². The number of fused-ring (bicyclic) bond motifs is 1. The molecule has 7 aliphatic rings. The molecular weight excluding hydrogens is 528 g/mol. The van der Waals surface area contributed by atoms with Crippen molar-refractivity contribution in [2.24, 2.45) is 33.6 Å². The van der Waals surface area contributed by atoms with Crippen molar-refractivity contribution in [2.75, 3.05) is 13.6 Å². The average molecular weight is 575 g/mol. The number of hydrogen-bond acceptors (Lipinski definition) is 6. The molecule has 9 heteroatoms. The first-order chi connectivity index (χ1) is 19.7. The second-order valence-corrected chi connectivity index (χ2v) is 15.2. The second-order valence-electron chi connectivity index (χ2n) is 15.2. The number of allylic oxidation sites excluding steroid dienone is 3. The summed E-state index contributed by atoms with van der Waals surface area (Å²) in [6.07, 6.45) is 16.4. The predicted octanol–water partition coefficient (Wildman–Crippen LogP) is 4.58. The number of carbonyl (C=O) groups excluding carboxylic acids is 2. The molecule has 42 heavy (non-hydrogen) atoms. The molecular formula is C33H46N6O3. The number of nitriles is 1.